The molecule has 0 radical (unpaired) electrons. The van der Waals surface area contributed by atoms with Crippen LogP contribution in [0.1, 0.15) is 61.6 Å². The number of carbonyl (C=O) groups excluding carboxylic acids is 1. The Morgan fingerprint density at radius 1 is 0.872 bits per heavy atom. The average molecular weight is 539 g/mol. The quantitative estimate of drug-likeness (QED) is 0.331. The van der Waals surface area contributed by atoms with E-state index in [4.69, 9.17) is 18.9 Å². The lowest BCUT2D eigenvalue weighted by molar-refractivity contribution is -0.130. The van der Waals surface area contributed by atoms with Crippen LogP contribution in [0.2, 0.25) is 0 Å². The van der Waals surface area contributed by atoms with Crippen molar-refractivity contribution in [1.29, 1.82) is 0 Å². The molecule has 2 fully saturated rings. The molecule has 2 aliphatic heterocycles. The van der Waals surface area contributed by atoms with Gasteiger partial charge in [-0.3, -0.25) is 9.69 Å². The zero-order valence-electron chi connectivity index (χ0n) is 24.3. The SMILES string of the molecule is COc1ccc(CN2CCC(COc3ccc(C)cc3C)(OC)CC2)cc1OCCCN1CCCCCC1=O. The molecule has 2 aliphatic rings. The third-order valence-corrected chi connectivity index (χ3v) is 8.16. The first kappa shape index (κ1) is 29.2. The monoisotopic (exact) mass is 538 g/mol. The number of benzene rings is 2. The summed E-state index contributed by atoms with van der Waals surface area (Å²) in [5, 5.41) is 0. The summed E-state index contributed by atoms with van der Waals surface area (Å²) in [6, 6.07) is 12.5. The Balaban J connectivity index is 1.27. The summed E-state index contributed by atoms with van der Waals surface area (Å²) in [4.78, 5) is 16.7. The Morgan fingerprint density at radius 2 is 1.67 bits per heavy atom. The maximum atomic E-state index is 12.2. The van der Waals surface area contributed by atoms with Crippen molar-refractivity contribution in [1.82, 2.24) is 9.80 Å². The van der Waals surface area contributed by atoms with Gasteiger partial charge < -0.3 is 23.8 Å². The molecular weight excluding hydrogens is 492 g/mol. The Hall–Kier alpha value is -2.77. The Bertz CT molecular complexity index is 1080. The Labute approximate surface area is 234 Å². The van der Waals surface area contributed by atoms with Crippen molar-refractivity contribution in [2.24, 2.45) is 0 Å². The smallest absolute Gasteiger partial charge is 0.222 e. The third-order valence-electron chi connectivity index (χ3n) is 8.16. The molecule has 2 heterocycles. The van der Waals surface area contributed by atoms with Crippen LogP contribution >= 0.6 is 0 Å². The molecule has 2 aromatic rings. The van der Waals surface area contributed by atoms with Crippen LogP contribution in [0.25, 0.3) is 0 Å². The van der Waals surface area contributed by atoms with E-state index in [1.165, 1.54) is 11.1 Å². The van der Waals surface area contributed by atoms with Gasteiger partial charge in [0, 0.05) is 46.3 Å². The van der Waals surface area contributed by atoms with Crippen molar-refractivity contribution in [3.8, 4) is 17.2 Å². The number of likely N-dealkylation sites (tertiary alicyclic amines) is 2. The summed E-state index contributed by atoms with van der Waals surface area (Å²) >= 11 is 0. The van der Waals surface area contributed by atoms with Gasteiger partial charge in [0.2, 0.25) is 5.91 Å². The average Bonchev–Trinajstić information content (AvgIpc) is 3.15. The van der Waals surface area contributed by atoms with E-state index in [-0.39, 0.29) is 11.5 Å². The molecule has 39 heavy (non-hydrogen) atoms. The van der Waals surface area contributed by atoms with Crippen LogP contribution in [0.15, 0.2) is 36.4 Å². The molecule has 0 N–H and O–H groups in total. The highest BCUT2D eigenvalue weighted by Gasteiger charge is 2.35. The van der Waals surface area contributed by atoms with Gasteiger partial charge in [0.15, 0.2) is 11.5 Å². The van der Waals surface area contributed by atoms with Gasteiger partial charge in [0.1, 0.15) is 18.0 Å². The van der Waals surface area contributed by atoms with Crippen LogP contribution in [-0.4, -0.2) is 74.9 Å². The van der Waals surface area contributed by atoms with Crippen molar-refractivity contribution >= 4 is 5.91 Å². The minimum absolute atomic E-state index is 0.267. The summed E-state index contributed by atoms with van der Waals surface area (Å²) in [6.07, 6.45) is 6.59. The van der Waals surface area contributed by atoms with E-state index in [9.17, 15) is 4.79 Å². The number of hydrogen-bond acceptors (Lipinski definition) is 6. The molecule has 0 aromatic heterocycles. The molecule has 7 nitrogen and oxygen atoms in total. The van der Waals surface area contributed by atoms with Gasteiger partial charge in [-0.25, -0.2) is 0 Å². The molecule has 0 unspecified atom stereocenters. The van der Waals surface area contributed by atoms with Gasteiger partial charge in [-0.1, -0.05) is 30.2 Å². The van der Waals surface area contributed by atoms with Gasteiger partial charge in [0.25, 0.3) is 0 Å². The Kier molecular flexibility index (Phi) is 10.5. The number of piperidine rings is 1. The number of amides is 1. The standard InChI is InChI=1S/C32H46N2O5/c1-25-10-12-28(26(2)21-25)39-24-32(37-4)14-18-33(19-15-32)23-27-11-13-29(36-3)30(22-27)38-20-8-17-34-16-7-5-6-9-31(34)35/h10-13,21-22H,5-9,14-20,23-24H2,1-4H3. The fourth-order valence-corrected chi connectivity index (χ4v) is 5.60. The van der Waals surface area contributed by atoms with Crippen molar-refractivity contribution < 1.29 is 23.7 Å². The first-order chi connectivity index (χ1) is 18.9. The molecule has 2 saturated heterocycles. The second-order valence-electron chi connectivity index (χ2n) is 11.1. The lowest BCUT2D eigenvalue weighted by Crippen LogP contribution is -2.48. The number of aryl methyl sites for hydroxylation is 2. The zero-order chi connectivity index (χ0) is 27.7. The number of nitrogens with zero attached hydrogens (tertiary/aromatic N) is 2. The van der Waals surface area contributed by atoms with Crippen LogP contribution < -0.4 is 14.2 Å². The fraction of sp³-hybridized carbons (Fsp3) is 0.594. The predicted octanol–water partition coefficient (Wildman–Crippen LogP) is 5.54. The highest BCUT2D eigenvalue weighted by atomic mass is 16.5. The van der Waals surface area contributed by atoms with Gasteiger partial charge in [0.05, 0.1) is 13.7 Å². The summed E-state index contributed by atoms with van der Waals surface area (Å²) in [6.45, 7) is 9.66. The maximum Gasteiger partial charge on any atom is 0.222 e. The van der Waals surface area contributed by atoms with Crippen molar-refractivity contribution in [3.63, 3.8) is 0 Å². The largest absolute Gasteiger partial charge is 0.493 e. The minimum Gasteiger partial charge on any atom is -0.493 e. The molecule has 0 bridgehead atoms. The first-order valence-electron chi connectivity index (χ1n) is 14.5. The van der Waals surface area contributed by atoms with Crippen LogP contribution in [0.5, 0.6) is 17.2 Å². The molecule has 0 spiro atoms. The molecule has 0 aliphatic carbocycles. The van der Waals surface area contributed by atoms with E-state index in [1.54, 1.807) is 14.2 Å². The first-order valence-corrected chi connectivity index (χ1v) is 14.5. The summed E-state index contributed by atoms with van der Waals surface area (Å²) in [5.74, 6) is 2.72. The van der Waals surface area contributed by atoms with E-state index in [1.807, 2.05) is 11.0 Å². The van der Waals surface area contributed by atoms with Gasteiger partial charge in [-0.05, 0) is 75.3 Å². The molecule has 4 rings (SSSR count). The van der Waals surface area contributed by atoms with E-state index in [0.29, 0.717) is 19.6 Å². The molecular formula is C32H46N2O5. The second-order valence-corrected chi connectivity index (χ2v) is 11.1. The molecule has 1 amide bonds. The van der Waals surface area contributed by atoms with Crippen molar-refractivity contribution in [2.45, 2.75) is 70.9 Å². The number of ether oxygens (including phenoxy) is 4. The highest BCUT2D eigenvalue weighted by Crippen LogP contribution is 2.32. The number of rotatable bonds is 12. The van der Waals surface area contributed by atoms with E-state index in [0.717, 1.165) is 94.1 Å². The van der Waals surface area contributed by atoms with Crippen LogP contribution in [0.4, 0.5) is 0 Å². The predicted molar refractivity (Wildman–Crippen MR) is 154 cm³/mol. The van der Waals surface area contributed by atoms with Crippen molar-refractivity contribution in [2.75, 3.05) is 53.6 Å². The summed E-state index contributed by atoms with van der Waals surface area (Å²) in [5.41, 5.74) is 3.33. The molecule has 0 atom stereocenters. The van der Waals surface area contributed by atoms with Crippen LogP contribution in [0.3, 0.4) is 0 Å². The summed E-state index contributed by atoms with van der Waals surface area (Å²) < 4.78 is 23.9. The summed E-state index contributed by atoms with van der Waals surface area (Å²) in [7, 11) is 3.48. The zero-order valence-corrected chi connectivity index (χ0v) is 24.3. The van der Waals surface area contributed by atoms with Gasteiger partial charge in [-0.2, -0.15) is 0 Å². The fourth-order valence-electron chi connectivity index (χ4n) is 5.60. The van der Waals surface area contributed by atoms with Crippen LogP contribution in [0, 0.1) is 13.8 Å². The second kappa shape index (κ2) is 14.0. The Morgan fingerprint density at radius 3 is 2.41 bits per heavy atom. The van der Waals surface area contributed by atoms with E-state index < -0.39 is 0 Å². The van der Waals surface area contributed by atoms with Gasteiger partial charge >= 0.3 is 0 Å². The van der Waals surface area contributed by atoms with E-state index in [2.05, 4.69) is 49.1 Å². The number of carbonyl (C=O) groups is 1. The highest BCUT2D eigenvalue weighted by molar-refractivity contribution is 5.76. The molecule has 2 aromatic carbocycles. The number of methoxy groups -OCH3 is 2. The third kappa shape index (κ3) is 8.12. The lowest BCUT2D eigenvalue weighted by atomic mass is 9.91. The van der Waals surface area contributed by atoms with Crippen molar-refractivity contribution in [3.05, 3.63) is 53.1 Å². The van der Waals surface area contributed by atoms with Crippen LogP contribution in [-0.2, 0) is 16.1 Å². The molecule has 214 valence electrons. The molecule has 0 saturated carbocycles. The maximum absolute atomic E-state index is 12.2. The molecule has 7 heteroatoms. The number of hydrogen-bond donors (Lipinski definition) is 0. The minimum atomic E-state index is -0.267. The normalized spacial score (nSPS) is 18.1. The van der Waals surface area contributed by atoms with E-state index >= 15 is 0 Å². The van der Waals surface area contributed by atoms with Gasteiger partial charge in [-0.15, -0.1) is 0 Å². The topological polar surface area (TPSA) is 60.5 Å². The lowest BCUT2D eigenvalue weighted by Gasteiger charge is -2.40.